The van der Waals surface area contributed by atoms with E-state index in [-0.39, 0.29) is 18.5 Å². The largest absolute Gasteiger partial charge is 0.456 e. The number of cyclic esters (lactones) is 1. The van der Waals surface area contributed by atoms with E-state index in [0.717, 1.165) is 30.8 Å². The van der Waals surface area contributed by atoms with Crippen molar-refractivity contribution < 1.29 is 19.4 Å². The summed E-state index contributed by atoms with van der Waals surface area (Å²) in [6.07, 6.45) is 2.74. The topological polar surface area (TPSA) is 127 Å². The van der Waals surface area contributed by atoms with Crippen LogP contribution in [0, 0.1) is 12.3 Å². The van der Waals surface area contributed by atoms with Crippen LogP contribution < -0.4 is 0 Å². The Kier molecular flexibility index (Phi) is 5.45. The van der Waals surface area contributed by atoms with Gasteiger partial charge in [-0.15, -0.1) is 5.10 Å². The van der Waals surface area contributed by atoms with E-state index in [1.54, 1.807) is 11.8 Å². The number of carbonyl (C=O) groups excluding carboxylic acids is 2. The van der Waals surface area contributed by atoms with Crippen molar-refractivity contribution in [3.8, 4) is 5.82 Å². The zero-order chi connectivity index (χ0) is 23.2. The van der Waals surface area contributed by atoms with Gasteiger partial charge in [-0.3, -0.25) is 4.79 Å². The van der Waals surface area contributed by atoms with Gasteiger partial charge in [-0.2, -0.15) is 4.68 Å². The molecule has 2 fully saturated rings. The van der Waals surface area contributed by atoms with Gasteiger partial charge in [0.1, 0.15) is 12.9 Å². The quantitative estimate of drug-likeness (QED) is 0.624. The van der Waals surface area contributed by atoms with Crippen LogP contribution in [0.5, 0.6) is 0 Å². The molecular formula is C22H27N7O4. The van der Waals surface area contributed by atoms with E-state index in [4.69, 9.17) is 4.74 Å². The molecule has 11 nitrogen and oxygen atoms in total. The molecule has 0 aromatic carbocycles. The van der Waals surface area contributed by atoms with Gasteiger partial charge in [0, 0.05) is 25.3 Å². The van der Waals surface area contributed by atoms with Crippen LogP contribution in [0.25, 0.3) is 5.82 Å². The number of piperidine rings is 1. The predicted octanol–water partition coefficient (Wildman–Crippen LogP) is 0.0243. The Balaban J connectivity index is 1.21. The van der Waals surface area contributed by atoms with Crippen LogP contribution in [0.15, 0.2) is 29.7 Å². The molecule has 0 saturated carbocycles. The highest BCUT2D eigenvalue weighted by Crippen LogP contribution is 2.44. The first-order chi connectivity index (χ1) is 15.9. The number of aryl methyl sites for hydroxylation is 1. The van der Waals surface area contributed by atoms with E-state index in [2.05, 4.69) is 25.4 Å². The Hall–Kier alpha value is -3.18. The van der Waals surface area contributed by atoms with E-state index in [1.165, 1.54) is 11.0 Å². The number of aliphatic hydroxyl groups is 1. The fourth-order valence-corrected chi connectivity index (χ4v) is 5.09. The molecule has 1 spiro atoms. The van der Waals surface area contributed by atoms with Crippen molar-refractivity contribution in [3.63, 3.8) is 0 Å². The second kappa shape index (κ2) is 8.31. The number of β-amino-alcohol motifs (C(OH)–C–C–N with tert-alkyl or cyclic N) is 1. The van der Waals surface area contributed by atoms with Gasteiger partial charge in [-0.1, -0.05) is 6.07 Å². The van der Waals surface area contributed by atoms with Crippen molar-refractivity contribution in [3.05, 3.63) is 41.0 Å². The van der Waals surface area contributed by atoms with E-state index in [9.17, 15) is 14.7 Å². The number of hydrogen-bond acceptors (Lipinski definition) is 9. The zero-order valence-corrected chi connectivity index (χ0v) is 18.8. The molecule has 3 aliphatic rings. The number of amides is 1. The molecule has 0 bridgehead atoms. The Labute approximate surface area is 191 Å². The zero-order valence-electron chi connectivity index (χ0n) is 18.8. The van der Waals surface area contributed by atoms with Crippen molar-refractivity contribution in [2.24, 2.45) is 5.41 Å². The maximum Gasteiger partial charge on any atom is 0.336 e. The highest BCUT2D eigenvalue weighted by molar-refractivity contribution is 5.94. The molecule has 2 saturated heterocycles. The number of aliphatic hydroxyl groups excluding tert-OH is 1. The lowest BCUT2D eigenvalue weighted by molar-refractivity contribution is -0.146. The normalized spacial score (nSPS) is 26.0. The third kappa shape index (κ3) is 3.70. The summed E-state index contributed by atoms with van der Waals surface area (Å²) in [6, 6.07) is 3.92. The van der Waals surface area contributed by atoms with Gasteiger partial charge >= 0.3 is 5.97 Å². The molecule has 3 aliphatic heterocycles. The number of likely N-dealkylation sites (tertiary alicyclic amines) is 2. The average molecular weight is 454 g/mol. The van der Waals surface area contributed by atoms with Crippen LogP contribution >= 0.6 is 0 Å². The fourth-order valence-electron chi connectivity index (χ4n) is 5.09. The molecule has 0 aliphatic carbocycles. The summed E-state index contributed by atoms with van der Waals surface area (Å²) in [5, 5.41) is 22.2. The number of nitrogens with zero attached hydrogens (tertiary/aromatic N) is 7. The number of esters is 1. The van der Waals surface area contributed by atoms with Crippen LogP contribution in [0.2, 0.25) is 0 Å². The molecule has 5 heterocycles. The standard InChI is InChI=1S/C22H27N7O4/c1-14-17(12-33-20(14)31)28-10-7-22(21(28)32)6-9-27(11-18(22)30)8-5-16-3-4-19(24-15(16)2)29-13-23-25-26-29/h3-4,13,18,30H,5-12H2,1-2H3. The Bertz CT molecular complexity index is 1120. The van der Waals surface area contributed by atoms with Crippen LogP contribution in [-0.4, -0.2) is 90.9 Å². The molecule has 1 N–H and O–H groups in total. The van der Waals surface area contributed by atoms with Crippen molar-refractivity contribution in [1.29, 1.82) is 0 Å². The fraction of sp³-hybridized carbons (Fsp3) is 0.545. The molecule has 1 amide bonds. The van der Waals surface area contributed by atoms with Crippen molar-refractivity contribution in [2.75, 3.05) is 32.8 Å². The second-order valence-corrected chi connectivity index (χ2v) is 9.00. The van der Waals surface area contributed by atoms with E-state index in [0.29, 0.717) is 43.0 Å². The molecule has 0 radical (unpaired) electrons. The minimum atomic E-state index is -0.777. The molecule has 2 aromatic heterocycles. The van der Waals surface area contributed by atoms with E-state index in [1.807, 2.05) is 19.1 Å². The van der Waals surface area contributed by atoms with Crippen LogP contribution in [0.1, 0.15) is 31.0 Å². The molecule has 2 atom stereocenters. The first kappa shape index (κ1) is 21.7. The minimum Gasteiger partial charge on any atom is -0.456 e. The highest BCUT2D eigenvalue weighted by atomic mass is 16.5. The lowest BCUT2D eigenvalue weighted by Crippen LogP contribution is -2.54. The third-order valence-electron chi connectivity index (χ3n) is 7.26. The summed E-state index contributed by atoms with van der Waals surface area (Å²) in [4.78, 5) is 33.5. The van der Waals surface area contributed by atoms with Gasteiger partial charge in [0.05, 0.1) is 22.8 Å². The van der Waals surface area contributed by atoms with Gasteiger partial charge in [0.2, 0.25) is 5.91 Å². The van der Waals surface area contributed by atoms with Crippen molar-refractivity contribution >= 4 is 11.9 Å². The van der Waals surface area contributed by atoms with Crippen LogP contribution in [0.4, 0.5) is 0 Å². The van der Waals surface area contributed by atoms with Gasteiger partial charge in [-0.05, 0) is 61.7 Å². The Morgan fingerprint density at radius 3 is 2.70 bits per heavy atom. The first-order valence-corrected chi connectivity index (χ1v) is 11.2. The summed E-state index contributed by atoms with van der Waals surface area (Å²) in [5.41, 5.74) is 2.39. The molecule has 5 rings (SSSR count). The van der Waals surface area contributed by atoms with Gasteiger partial charge < -0.3 is 19.6 Å². The highest BCUT2D eigenvalue weighted by Gasteiger charge is 2.54. The number of pyridine rings is 1. The smallest absolute Gasteiger partial charge is 0.336 e. The number of hydrogen-bond donors (Lipinski definition) is 1. The number of ether oxygens (including phenoxy) is 1. The Morgan fingerprint density at radius 2 is 2.03 bits per heavy atom. The molecule has 33 heavy (non-hydrogen) atoms. The average Bonchev–Trinajstić information content (AvgIpc) is 3.52. The van der Waals surface area contributed by atoms with Crippen molar-refractivity contribution in [1.82, 2.24) is 35.0 Å². The molecular weight excluding hydrogens is 426 g/mol. The summed E-state index contributed by atoms with van der Waals surface area (Å²) in [5.74, 6) is 0.214. The molecule has 11 heteroatoms. The predicted molar refractivity (Wildman–Crippen MR) is 115 cm³/mol. The first-order valence-electron chi connectivity index (χ1n) is 11.2. The maximum atomic E-state index is 13.3. The lowest BCUT2D eigenvalue weighted by Gasteiger charge is -2.42. The summed E-state index contributed by atoms with van der Waals surface area (Å²) in [7, 11) is 0. The van der Waals surface area contributed by atoms with Gasteiger partial charge in [-0.25, -0.2) is 9.78 Å². The molecule has 174 valence electrons. The van der Waals surface area contributed by atoms with Gasteiger partial charge in [0.25, 0.3) is 0 Å². The lowest BCUT2D eigenvalue weighted by atomic mass is 9.74. The van der Waals surface area contributed by atoms with E-state index >= 15 is 0 Å². The molecule has 2 aromatic rings. The third-order valence-corrected chi connectivity index (χ3v) is 7.26. The second-order valence-electron chi connectivity index (χ2n) is 9.00. The Morgan fingerprint density at radius 1 is 1.21 bits per heavy atom. The number of carbonyl (C=O) groups is 2. The van der Waals surface area contributed by atoms with Crippen LogP contribution in [0.3, 0.4) is 0 Å². The summed E-state index contributed by atoms with van der Waals surface area (Å²) in [6.45, 7) is 6.25. The number of aromatic nitrogens is 5. The summed E-state index contributed by atoms with van der Waals surface area (Å²) < 4.78 is 6.59. The van der Waals surface area contributed by atoms with Crippen molar-refractivity contribution in [2.45, 2.75) is 39.2 Å². The number of tetrazole rings is 1. The van der Waals surface area contributed by atoms with Gasteiger partial charge in [0.15, 0.2) is 5.82 Å². The molecule has 2 unspecified atom stereocenters. The number of rotatable bonds is 5. The van der Waals surface area contributed by atoms with E-state index < -0.39 is 11.5 Å². The minimum absolute atomic E-state index is 0.0828. The van der Waals surface area contributed by atoms with Crippen LogP contribution in [-0.2, 0) is 20.7 Å². The monoisotopic (exact) mass is 453 g/mol. The maximum absolute atomic E-state index is 13.3. The summed E-state index contributed by atoms with van der Waals surface area (Å²) >= 11 is 0. The SMILES string of the molecule is CC1=C(N2CCC3(CCN(CCc4ccc(-n5cnnn5)nc4C)CC3O)C2=O)COC1=O.